The molecule has 0 spiro atoms. The minimum Gasteiger partial charge on any atom is -0.399 e. The van der Waals surface area contributed by atoms with E-state index in [-0.39, 0.29) is 18.0 Å². The van der Waals surface area contributed by atoms with Crippen LogP contribution in [0.2, 0.25) is 0 Å². The van der Waals surface area contributed by atoms with E-state index in [4.69, 9.17) is 10.8 Å². The summed E-state index contributed by atoms with van der Waals surface area (Å²) in [5, 5.41) is 11.2. The van der Waals surface area contributed by atoms with Gasteiger partial charge in [-0.15, -0.1) is 0 Å². The molecule has 0 amide bonds. The lowest BCUT2D eigenvalue weighted by Crippen LogP contribution is -2.21. The van der Waals surface area contributed by atoms with Crippen molar-refractivity contribution in [3.8, 4) is 0 Å². The lowest BCUT2D eigenvalue weighted by molar-refractivity contribution is 0.281. The zero-order valence-corrected chi connectivity index (χ0v) is 7.72. The van der Waals surface area contributed by atoms with Crippen LogP contribution in [0.5, 0.6) is 0 Å². The lowest BCUT2D eigenvalue weighted by atomic mass is 10.2. The molecule has 0 aromatic heterocycles. The van der Waals surface area contributed by atoms with Crippen LogP contribution >= 0.6 is 0 Å². The van der Waals surface area contributed by atoms with Gasteiger partial charge >= 0.3 is 0 Å². The average Bonchev–Trinajstić information content (AvgIpc) is 2.10. The van der Waals surface area contributed by atoms with Gasteiger partial charge in [-0.25, -0.2) is 8.78 Å². The zero-order valence-electron chi connectivity index (χ0n) is 7.72. The van der Waals surface area contributed by atoms with Crippen LogP contribution in [0.1, 0.15) is 6.92 Å². The maximum Gasteiger partial charge on any atom is 0.151 e. The van der Waals surface area contributed by atoms with Crippen LogP contribution in [0.25, 0.3) is 0 Å². The highest BCUT2D eigenvalue weighted by Gasteiger charge is 2.11. The first-order valence-electron chi connectivity index (χ1n) is 4.16. The van der Waals surface area contributed by atoms with Crippen molar-refractivity contribution in [2.24, 2.45) is 0 Å². The number of aliphatic hydroxyl groups excluding tert-OH is 1. The number of aliphatic hydroxyl groups is 1. The Morgan fingerprint density at radius 1 is 1.43 bits per heavy atom. The third-order valence-electron chi connectivity index (χ3n) is 1.73. The molecule has 0 saturated heterocycles. The summed E-state index contributed by atoms with van der Waals surface area (Å²) in [6.07, 6.45) is 0. The van der Waals surface area contributed by atoms with Crippen molar-refractivity contribution in [1.29, 1.82) is 0 Å². The third kappa shape index (κ3) is 2.32. The quantitative estimate of drug-likeness (QED) is 0.648. The highest BCUT2D eigenvalue weighted by molar-refractivity contribution is 5.54. The van der Waals surface area contributed by atoms with Crippen molar-refractivity contribution < 1.29 is 13.9 Å². The number of rotatable bonds is 3. The van der Waals surface area contributed by atoms with Crippen LogP contribution in [-0.2, 0) is 0 Å². The van der Waals surface area contributed by atoms with E-state index in [1.165, 1.54) is 0 Å². The molecule has 14 heavy (non-hydrogen) atoms. The Hall–Kier alpha value is -1.36. The summed E-state index contributed by atoms with van der Waals surface area (Å²) in [5.74, 6) is -1.52. The van der Waals surface area contributed by atoms with E-state index in [1.807, 2.05) is 0 Å². The first-order chi connectivity index (χ1) is 6.54. The van der Waals surface area contributed by atoms with Gasteiger partial charge in [0, 0.05) is 11.7 Å². The second-order valence-corrected chi connectivity index (χ2v) is 3.09. The van der Waals surface area contributed by atoms with Gasteiger partial charge in [0.1, 0.15) is 5.69 Å². The molecule has 78 valence electrons. The third-order valence-corrected chi connectivity index (χ3v) is 1.73. The largest absolute Gasteiger partial charge is 0.399 e. The molecule has 0 aliphatic rings. The maximum atomic E-state index is 13.1. The fourth-order valence-electron chi connectivity index (χ4n) is 1.02. The molecule has 5 heteroatoms. The number of anilines is 2. The van der Waals surface area contributed by atoms with Crippen molar-refractivity contribution in [2.75, 3.05) is 17.7 Å². The number of nitrogen functional groups attached to an aromatic ring is 1. The molecule has 0 bridgehead atoms. The average molecular weight is 202 g/mol. The predicted molar refractivity (Wildman–Crippen MR) is 50.9 cm³/mol. The predicted octanol–water partition coefficient (Wildman–Crippen LogP) is 1.34. The number of halogens is 2. The molecule has 3 nitrogen and oxygen atoms in total. The summed E-state index contributed by atoms with van der Waals surface area (Å²) in [4.78, 5) is 0. The van der Waals surface area contributed by atoms with Crippen molar-refractivity contribution >= 4 is 11.4 Å². The van der Waals surface area contributed by atoms with Gasteiger partial charge in [0.15, 0.2) is 11.6 Å². The van der Waals surface area contributed by atoms with Crippen molar-refractivity contribution in [3.05, 3.63) is 23.8 Å². The van der Waals surface area contributed by atoms with E-state index in [0.29, 0.717) is 0 Å². The van der Waals surface area contributed by atoms with Gasteiger partial charge in [0.25, 0.3) is 0 Å². The van der Waals surface area contributed by atoms with E-state index in [0.717, 1.165) is 12.1 Å². The van der Waals surface area contributed by atoms with Crippen molar-refractivity contribution in [1.82, 2.24) is 0 Å². The second kappa shape index (κ2) is 4.23. The monoisotopic (exact) mass is 202 g/mol. The number of nitrogens with two attached hydrogens (primary N) is 1. The first-order valence-corrected chi connectivity index (χ1v) is 4.16. The molecule has 1 aromatic carbocycles. The van der Waals surface area contributed by atoms with E-state index < -0.39 is 17.7 Å². The van der Waals surface area contributed by atoms with Crippen LogP contribution in [0.4, 0.5) is 20.2 Å². The highest BCUT2D eigenvalue weighted by Crippen LogP contribution is 2.22. The lowest BCUT2D eigenvalue weighted by Gasteiger charge is -2.14. The van der Waals surface area contributed by atoms with E-state index >= 15 is 0 Å². The van der Waals surface area contributed by atoms with Crippen molar-refractivity contribution in [3.63, 3.8) is 0 Å². The Morgan fingerprint density at radius 3 is 2.36 bits per heavy atom. The number of hydrogen-bond donors (Lipinski definition) is 3. The maximum absolute atomic E-state index is 13.1. The molecule has 1 unspecified atom stereocenters. The Bertz CT molecular complexity index is 308. The number of nitrogens with one attached hydrogen (secondary N) is 1. The normalized spacial score (nSPS) is 12.6. The van der Waals surface area contributed by atoms with Gasteiger partial charge in [0.05, 0.1) is 6.61 Å². The summed E-state index contributed by atoms with van der Waals surface area (Å²) in [6, 6.07) is 1.63. The fourth-order valence-corrected chi connectivity index (χ4v) is 1.02. The van der Waals surface area contributed by atoms with E-state index in [9.17, 15) is 8.78 Å². The highest BCUT2D eigenvalue weighted by atomic mass is 19.1. The Balaban J connectivity index is 2.96. The van der Waals surface area contributed by atoms with Gasteiger partial charge < -0.3 is 16.2 Å². The molecule has 0 heterocycles. The molecule has 0 fully saturated rings. The van der Waals surface area contributed by atoms with Crippen LogP contribution in [0, 0.1) is 11.6 Å². The summed E-state index contributed by atoms with van der Waals surface area (Å²) >= 11 is 0. The number of benzene rings is 1. The van der Waals surface area contributed by atoms with Crippen molar-refractivity contribution in [2.45, 2.75) is 13.0 Å². The first kappa shape index (κ1) is 10.7. The summed E-state index contributed by atoms with van der Waals surface area (Å²) in [6.45, 7) is 1.40. The minimum absolute atomic E-state index is 0.0298. The van der Waals surface area contributed by atoms with Gasteiger partial charge in [-0.1, -0.05) is 0 Å². The van der Waals surface area contributed by atoms with Crippen LogP contribution in [-0.4, -0.2) is 17.8 Å². The molecule has 0 aliphatic carbocycles. The van der Waals surface area contributed by atoms with E-state index in [1.54, 1.807) is 6.92 Å². The fraction of sp³-hybridized carbons (Fsp3) is 0.333. The molecular formula is C9H12F2N2O. The van der Waals surface area contributed by atoms with E-state index in [2.05, 4.69) is 5.32 Å². The number of hydrogen-bond acceptors (Lipinski definition) is 3. The standard InChI is InChI=1S/C9H12F2N2O/c1-5(4-14)13-9-7(10)2-6(12)3-8(9)11/h2-3,5,13-14H,4,12H2,1H3. The molecule has 1 atom stereocenters. The zero-order chi connectivity index (χ0) is 10.7. The van der Waals surface area contributed by atoms with Gasteiger partial charge in [-0.3, -0.25) is 0 Å². The summed E-state index contributed by atoms with van der Waals surface area (Å²) in [5.41, 5.74) is 5.00. The Labute approximate surface area is 80.5 Å². The molecule has 0 saturated carbocycles. The topological polar surface area (TPSA) is 58.3 Å². The minimum atomic E-state index is -0.761. The molecule has 1 rings (SSSR count). The molecule has 4 N–H and O–H groups in total. The molecule has 0 radical (unpaired) electrons. The summed E-state index contributed by atoms with van der Waals surface area (Å²) < 4.78 is 26.3. The van der Waals surface area contributed by atoms with Crippen LogP contribution in [0.3, 0.4) is 0 Å². The molecule has 0 aliphatic heterocycles. The van der Waals surface area contributed by atoms with Crippen LogP contribution in [0.15, 0.2) is 12.1 Å². The SMILES string of the molecule is CC(CO)Nc1c(F)cc(N)cc1F. The van der Waals surface area contributed by atoms with Gasteiger partial charge in [-0.2, -0.15) is 0 Å². The van der Waals surface area contributed by atoms with Gasteiger partial charge in [-0.05, 0) is 19.1 Å². The summed E-state index contributed by atoms with van der Waals surface area (Å²) in [7, 11) is 0. The Kier molecular flexibility index (Phi) is 3.24. The molecule has 1 aromatic rings. The van der Waals surface area contributed by atoms with Gasteiger partial charge in [0.2, 0.25) is 0 Å². The molecular weight excluding hydrogens is 190 g/mol. The smallest absolute Gasteiger partial charge is 0.151 e. The second-order valence-electron chi connectivity index (χ2n) is 3.09. The van der Waals surface area contributed by atoms with Crippen LogP contribution < -0.4 is 11.1 Å². The Morgan fingerprint density at radius 2 is 1.93 bits per heavy atom.